The SMILES string of the molecule is N#CC(OC(c1ccccc1)(c1ccccc1)c1ccccc1)C1CCCCC1. The lowest BCUT2D eigenvalue weighted by atomic mass is 9.79. The fourth-order valence-electron chi connectivity index (χ4n) is 4.58. The van der Waals surface area contributed by atoms with Crippen LogP contribution < -0.4 is 0 Å². The molecule has 29 heavy (non-hydrogen) atoms. The molecule has 3 aromatic rings. The maximum atomic E-state index is 10.1. The van der Waals surface area contributed by atoms with E-state index >= 15 is 0 Å². The third kappa shape index (κ3) is 3.97. The molecule has 1 atom stereocenters. The topological polar surface area (TPSA) is 33.0 Å². The average molecular weight is 382 g/mol. The standard InChI is InChI=1S/C27H27NO/c28-21-26(22-13-5-1-6-14-22)29-27(23-15-7-2-8-16-23,24-17-9-3-10-18-24)25-19-11-4-12-20-25/h2-4,7-12,15-20,22,26H,1,5-6,13-14H2. The molecular formula is C27H27NO. The molecule has 3 aromatic carbocycles. The van der Waals surface area contributed by atoms with Crippen LogP contribution in [0.3, 0.4) is 0 Å². The molecule has 0 amide bonds. The molecule has 4 rings (SSSR count). The Morgan fingerprint density at radius 1 is 0.690 bits per heavy atom. The summed E-state index contributed by atoms with van der Waals surface area (Å²) in [5, 5.41) is 10.1. The number of benzene rings is 3. The third-order valence-electron chi connectivity index (χ3n) is 6.05. The van der Waals surface area contributed by atoms with Crippen molar-refractivity contribution >= 4 is 0 Å². The number of nitrogens with zero attached hydrogens (tertiary/aromatic N) is 1. The minimum Gasteiger partial charge on any atom is -0.342 e. The number of hydrogen-bond donors (Lipinski definition) is 0. The van der Waals surface area contributed by atoms with Gasteiger partial charge in [-0.05, 0) is 35.4 Å². The van der Waals surface area contributed by atoms with E-state index in [0.29, 0.717) is 0 Å². The van der Waals surface area contributed by atoms with Gasteiger partial charge in [0.2, 0.25) is 0 Å². The van der Waals surface area contributed by atoms with Crippen LogP contribution in [0.1, 0.15) is 48.8 Å². The maximum absolute atomic E-state index is 10.1. The Morgan fingerprint density at radius 3 is 1.48 bits per heavy atom. The van der Waals surface area contributed by atoms with Gasteiger partial charge in [0.1, 0.15) is 11.7 Å². The van der Waals surface area contributed by atoms with E-state index in [9.17, 15) is 5.26 Å². The Balaban J connectivity index is 1.89. The lowest BCUT2D eigenvalue weighted by molar-refractivity contribution is -0.0528. The normalized spacial score (nSPS) is 16.1. The highest BCUT2D eigenvalue weighted by Crippen LogP contribution is 2.43. The van der Waals surface area contributed by atoms with Crippen LogP contribution in [0.5, 0.6) is 0 Å². The van der Waals surface area contributed by atoms with Gasteiger partial charge in [0.25, 0.3) is 0 Å². The minimum atomic E-state index is -0.818. The highest BCUT2D eigenvalue weighted by Gasteiger charge is 2.41. The molecule has 1 fully saturated rings. The maximum Gasteiger partial charge on any atom is 0.148 e. The molecule has 1 aliphatic rings. The summed E-state index contributed by atoms with van der Waals surface area (Å²) in [7, 11) is 0. The van der Waals surface area contributed by atoms with Crippen molar-refractivity contribution < 1.29 is 4.74 Å². The van der Waals surface area contributed by atoms with E-state index in [1.807, 2.05) is 54.6 Å². The average Bonchev–Trinajstić information content (AvgIpc) is 2.82. The summed E-state index contributed by atoms with van der Waals surface area (Å²) in [6, 6.07) is 33.5. The zero-order chi connectivity index (χ0) is 19.9. The predicted octanol–water partition coefficient (Wildman–Crippen LogP) is 6.47. The van der Waals surface area contributed by atoms with Gasteiger partial charge in [0.05, 0.1) is 6.07 Å². The van der Waals surface area contributed by atoms with Gasteiger partial charge in [0, 0.05) is 0 Å². The first-order chi connectivity index (χ1) is 14.3. The molecule has 1 aliphatic carbocycles. The van der Waals surface area contributed by atoms with E-state index in [1.54, 1.807) is 0 Å². The minimum absolute atomic E-state index is 0.282. The zero-order valence-electron chi connectivity index (χ0n) is 16.7. The molecule has 0 spiro atoms. The summed E-state index contributed by atoms with van der Waals surface area (Å²) in [5.74, 6) is 0.282. The van der Waals surface area contributed by atoms with Gasteiger partial charge in [-0.25, -0.2) is 0 Å². The van der Waals surface area contributed by atoms with Crippen molar-refractivity contribution in [2.24, 2.45) is 5.92 Å². The van der Waals surface area contributed by atoms with Crippen molar-refractivity contribution in [3.05, 3.63) is 108 Å². The van der Waals surface area contributed by atoms with Crippen LogP contribution in [0.4, 0.5) is 0 Å². The van der Waals surface area contributed by atoms with Crippen molar-refractivity contribution in [2.45, 2.75) is 43.8 Å². The van der Waals surface area contributed by atoms with E-state index in [-0.39, 0.29) is 5.92 Å². The first-order valence-corrected chi connectivity index (χ1v) is 10.6. The smallest absolute Gasteiger partial charge is 0.148 e. The van der Waals surface area contributed by atoms with Gasteiger partial charge >= 0.3 is 0 Å². The number of nitriles is 1. The van der Waals surface area contributed by atoms with E-state index in [1.165, 1.54) is 19.3 Å². The molecule has 0 N–H and O–H groups in total. The molecule has 1 unspecified atom stereocenters. The third-order valence-corrected chi connectivity index (χ3v) is 6.05. The Morgan fingerprint density at radius 2 is 1.10 bits per heavy atom. The molecule has 0 heterocycles. The Kier molecular flexibility index (Phi) is 6.08. The molecule has 0 radical (unpaired) electrons. The molecule has 0 saturated heterocycles. The van der Waals surface area contributed by atoms with Crippen LogP contribution in [0.25, 0.3) is 0 Å². The second-order valence-corrected chi connectivity index (χ2v) is 7.84. The van der Waals surface area contributed by atoms with Gasteiger partial charge in [-0.2, -0.15) is 5.26 Å². The number of rotatable bonds is 6. The lowest BCUT2D eigenvalue weighted by Gasteiger charge is -2.39. The molecule has 2 heteroatoms. The first kappa shape index (κ1) is 19.4. The quantitative estimate of drug-likeness (QED) is 0.459. The lowest BCUT2D eigenvalue weighted by Crippen LogP contribution is -2.39. The Hall–Kier alpha value is -2.89. The summed E-state index contributed by atoms with van der Waals surface area (Å²) in [6.45, 7) is 0. The highest BCUT2D eigenvalue weighted by atomic mass is 16.5. The van der Waals surface area contributed by atoms with E-state index in [4.69, 9.17) is 4.74 Å². The molecule has 2 nitrogen and oxygen atoms in total. The van der Waals surface area contributed by atoms with Gasteiger partial charge in [-0.15, -0.1) is 0 Å². The molecule has 0 bridgehead atoms. The largest absolute Gasteiger partial charge is 0.342 e. The van der Waals surface area contributed by atoms with Crippen molar-refractivity contribution in [2.75, 3.05) is 0 Å². The van der Waals surface area contributed by atoms with Crippen LogP contribution in [0.2, 0.25) is 0 Å². The van der Waals surface area contributed by atoms with Gasteiger partial charge in [0.15, 0.2) is 0 Å². The highest BCUT2D eigenvalue weighted by molar-refractivity contribution is 5.47. The van der Waals surface area contributed by atoms with Crippen LogP contribution in [-0.2, 0) is 10.3 Å². The summed E-state index contributed by atoms with van der Waals surface area (Å²) < 4.78 is 6.92. The van der Waals surface area contributed by atoms with Crippen LogP contribution in [0.15, 0.2) is 91.0 Å². The Bertz CT molecular complexity index is 828. The first-order valence-electron chi connectivity index (χ1n) is 10.6. The van der Waals surface area contributed by atoms with Crippen LogP contribution in [0, 0.1) is 17.2 Å². The molecule has 0 aromatic heterocycles. The van der Waals surface area contributed by atoms with E-state index in [2.05, 4.69) is 42.5 Å². The molecule has 0 aliphatic heterocycles. The second kappa shape index (κ2) is 9.07. The van der Waals surface area contributed by atoms with Crippen LogP contribution >= 0.6 is 0 Å². The zero-order valence-corrected chi connectivity index (χ0v) is 16.7. The van der Waals surface area contributed by atoms with E-state index in [0.717, 1.165) is 29.5 Å². The van der Waals surface area contributed by atoms with E-state index < -0.39 is 11.7 Å². The van der Waals surface area contributed by atoms with Crippen molar-refractivity contribution in [1.82, 2.24) is 0 Å². The van der Waals surface area contributed by atoms with Gasteiger partial charge in [-0.1, -0.05) is 110 Å². The van der Waals surface area contributed by atoms with Crippen molar-refractivity contribution in [3.63, 3.8) is 0 Å². The predicted molar refractivity (Wildman–Crippen MR) is 116 cm³/mol. The van der Waals surface area contributed by atoms with Crippen LogP contribution in [-0.4, -0.2) is 6.10 Å². The molecule has 146 valence electrons. The van der Waals surface area contributed by atoms with Gasteiger partial charge in [-0.3, -0.25) is 0 Å². The second-order valence-electron chi connectivity index (χ2n) is 7.84. The molecule has 1 saturated carbocycles. The fraction of sp³-hybridized carbons (Fsp3) is 0.296. The van der Waals surface area contributed by atoms with Crippen molar-refractivity contribution in [3.8, 4) is 6.07 Å². The Labute approximate surface area is 173 Å². The summed E-state index contributed by atoms with van der Waals surface area (Å²) in [6.07, 6.45) is 5.30. The summed E-state index contributed by atoms with van der Waals surface area (Å²) in [4.78, 5) is 0. The van der Waals surface area contributed by atoms with Gasteiger partial charge < -0.3 is 4.74 Å². The monoisotopic (exact) mass is 381 g/mol. The fourth-order valence-corrected chi connectivity index (χ4v) is 4.58. The molecular weight excluding hydrogens is 354 g/mol. The summed E-state index contributed by atoms with van der Waals surface area (Å²) >= 11 is 0. The number of hydrogen-bond acceptors (Lipinski definition) is 2. The van der Waals surface area contributed by atoms with Crippen molar-refractivity contribution in [1.29, 1.82) is 5.26 Å². The summed E-state index contributed by atoms with van der Waals surface area (Å²) in [5.41, 5.74) is 2.33. The number of ether oxygens (including phenoxy) is 1.